The number of piperazine rings is 1. The number of ether oxygens (including phenoxy) is 1. The smallest absolute Gasteiger partial charge is 0.316 e. The molecule has 0 amide bonds. The average Bonchev–Trinajstić information content (AvgIpc) is 3.45. The van der Waals surface area contributed by atoms with E-state index < -0.39 is 17.2 Å². The van der Waals surface area contributed by atoms with Gasteiger partial charge in [-0.1, -0.05) is 19.1 Å². The van der Waals surface area contributed by atoms with Crippen LogP contribution in [-0.4, -0.2) is 56.7 Å². The Morgan fingerprint density at radius 1 is 1.00 bits per heavy atom. The third kappa shape index (κ3) is 6.45. The number of aromatic nitrogens is 4. The fourth-order valence-electron chi connectivity index (χ4n) is 4.66. The van der Waals surface area contributed by atoms with E-state index in [4.69, 9.17) is 4.74 Å². The highest BCUT2D eigenvalue weighted by Gasteiger charge is 2.39. The first-order chi connectivity index (χ1) is 19.9. The van der Waals surface area contributed by atoms with E-state index in [1.165, 1.54) is 5.56 Å². The fraction of sp³-hybridized carbons (Fsp3) is 0.345. The summed E-state index contributed by atoms with van der Waals surface area (Å²) in [4.78, 5) is 15.6. The third-order valence-electron chi connectivity index (χ3n) is 7.43. The predicted molar refractivity (Wildman–Crippen MR) is 154 cm³/mol. The number of nitrogens with zero attached hydrogens (tertiary/aromatic N) is 6. The van der Waals surface area contributed by atoms with Gasteiger partial charge in [-0.15, -0.1) is 0 Å². The highest BCUT2D eigenvalue weighted by atomic mass is 32.2. The molecule has 2 aliphatic rings. The first-order valence-corrected chi connectivity index (χ1v) is 14.3. The summed E-state index contributed by atoms with van der Waals surface area (Å²) in [6, 6.07) is 13.1. The number of hydrogen-bond acceptors (Lipinski definition) is 8. The van der Waals surface area contributed by atoms with E-state index >= 15 is 0 Å². The summed E-state index contributed by atoms with van der Waals surface area (Å²) in [6.07, 6.45) is 7.30. The molecular formula is C29H31F2N7O2S. The summed E-state index contributed by atoms with van der Waals surface area (Å²) in [5, 5.41) is 8.52. The van der Waals surface area contributed by atoms with Gasteiger partial charge in [-0.05, 0) is 48.7 Å². The van der Waals surface area contributed by atoms with E-state index in [0.717, 1.165) is 54.5 Å². The molecule has 214 valence electrons. The SMILES string of the molecule is CC1(COc2c(N3CCN(SNCc4ccc(-n5cccn5)cc4)CC3)cnn(-c3cc(F)cc(F)c3)c2=O)CC1. The maximum Gasteiger partial charge on any atom is 0.316 e. The lowest BCUT2D eigenvalue weighted by atomic mass is 10.2. The van der Waals surface area contributed by atoms with E-state index in [1.54, 1.807) is 24.5 Å². The van der Waals surface area contributed by atoms with Gasteiger partial charge in [-0.2, -0.15) is 14.9 Å². The number of anilines is 1. The summed E-state index contributed by atoms with van der Waals surface area (Å²) < 4.78 is 42.4. The van der Waals surface area contributed by atoms with Crippen LogP contribution >= 0.6 is 12.1 Å². The molecule has 1 saturated carbocycles. The first kappa shape index (κ1) is 27.4. The van der Waals surface area contributed by atoms with E-state index in [0.29, 0.717) is 31.9 Å². The van der Waals surface area contributed by atoms with Crippen molar-refractivity contribution in [2.24, 2.45) is 5.41 Å². The maximum absolute atomic E-state index is 13.9. The highest BCUT2D eigenvalue weighted by molar-refractivity contribution is 7.95. The second-order valence-corrected chi connectivity index (χ2v) is 11.7. The van der Waals surface area contributed by atoms with Crippen LogP contribution in [0.25, 0.3) is 11.4 Å². The Kier molecular flexibility index (Phi) is 7.78. The van der Waals surface area contributed by atoms with E-state index in [-0.39, 0.29) is 16.9 Å². The minimum atomic E-state index is -0.779. The fourth-order valence-corrected chi connectivity index (χ4v) is 5.41. The summed E-state index contributed by atoms with van der Waals surface area (Å²) in [6.45, 7) is 6.08. The van der Waals surface area contributed by atoms with Crippen LogP contribution in [0.5, 0.6) is 5.75 Å². The number of rotatable bonds is 10. The van der Waals surface area contributed by atoms with E-state index in [2.05, 4.69) is 43.2 Å². The molecule has 2 aromatic carbocycles. The van der Waals surface area contributed by atoms with E-state index in [9.17, 15) is 13.6 Å². The molecule has 0 spiro atoms. The number of benzene rings is 2. The van der Waals surface area contributed by atoms with Crippen molar-refractivity contribution in [1.29, 1.82) is 0 Å². The van der Waals surface area contributed by atoms with Crippen molar-refractivity contribution in [2.75, 3.05) is 37.7 Å². The quantitative estimate of drug-likeness (QED) is 0.278. The van der Waals surface area contributed by atoms with Crippen LogP contribution in [-0.2, 0) is 6.54 Å². The molecule has 1 N–H and O–H groups in total. The summed E-state index contributed by atoms with van der Waals surface area (Å²) in [7, 11) is 0. The molecule has 1 aliphatic carbocycles. The van der Waals surface area contributed by atoms with Gasteiger partial charge in [-0.25, -0.2) is 22.5 Å². The molecule has 41 heavy (non-hydrogen) atoms. The molecule has 6 rings (SSSR count). The van der Waals surface area contributed by atoms with Crippen molar-refractivity contribution in [3.8, 4) is 17.1 Å². The summed E-state index contributed by atoms with van der Waals surface area (Å²) in [5.41, 5.74) is 2.31. The van der Waals surface area contributed by atoms with Gasteiger partial charge >= 0.3 is 5.56 Å². The monoisotopic (exact) mass is 579 g/mol. The van der Waals surface area contributed by atoms with Gasteiger partial charge in [0, 0.05) is 68.7 Å². The minimum absolute atomic E-state index is 0.0184. The second kappa shape index (κ2) is 11.6. The summed E-state index contributed by atoms with van der Waals surface area (Å²) >= 11 is 1.58. The van der Waals surface area contributed by atoms with Crippen LogP contribution in [0.1, 0.15) is 25.3 Å². The lowest BCUT2D eigenvalue weighted by Gasteiger charge is -2.35. The molecule has 0 radical (unpaired) electrons. The number of nitrogens with one attached hydrogen (secondary N) is 1. The molecule has 9 nitrogen and oxygen atoms in total. The van der Waals surface area contributed by atoms with Gasteiger partial charge in [-0.3, -0.25) is 4.79 Å². The van der Waals surface area contributed by atoms with Crippen LogP contribution in [0.4, 0.5) is 14.5 Å². The molecule has 1 aliphatic heterocycles. The molecule has 2 fully saturated rings. The van der Waals surface area contributed by atoms with Crippen LogP contribution in [0.3, 0.4) is 0 Å². The zero-order chi connectivity index (χ0) is 28.4. The highest BCUT2D eigenvalue weighted by Crippen LogP contribution is 2.45. The van der Waals surface area contributed by atoms with Gasteiger partial charge in [0.2, 0.25) is 5.75 Å². The van der Waals surface area contributed by atoms with Gasteiger partial charge < -0.3 is 9.64 Å². The van der Waals surface area contributed by atoms with Crippen molar-refractivity contribution in [3.63, 3.8) is 0 Å². The normalized spacial score (nSPS) is 16.6. The molecule has 2 aromatic heterocycles. The zero-order valence-electron chi connectivity index (χ0n) is 22.7. The molecule has 1 saturated heterocycles. The van der Waals surface area contributed by atoms with Gasteiger partial charge in [0.25, 0.3) is 0 Å². The first-order valence-electron chi connectivity index (χ1n) is 13.6. The van der Waals surface area contributed by atoms with Crippen molar-refractivity contribution < 1.29 is 13.5 Å². The summed E-state index contributed by atoms with van der Waals surface area (Å²) in [5.74, 6) is -1.39. The lowest BCUT2D eigenvalue weighted by Crippen LogP contribution is -2.45. The average molecular weight is 580 g/mol. The molecule has 0 bridgehead atoms. The van der Waals surface area contributed by atoms with Crippen molar-refractivity contribution in [3.05, 3.63) is 94.7 Å². The standard InChI is InChI=1S/C29H31F2N7O2S/c1-29(7-8-29)20-40-27-26(19-33-38(28(27)39)25-16-22(30)15-23(31)17-25)35-11-13-36(14-12-35)41-34-18-21-3-5-24(6-4-21)37-10-2-9-32-37/h2-6,9-10,15-17,19,34H,7-8,11-14,18,20H2,1H3. The molecule has 0 unspecified atom stereocenters. The molecule has 4 aromatic rings. The van der Waals surface area contributed by atoms with Crippen LogP contribution in [0.2, 0.25) is 0 Å². The molecular weight excluding hydrogens is 548 g/mol. The van der Waals surface area contributed by atoms with Crippen molar-refractivity contribution in [2.45, 2.75) is 26.3 Å². The molecule has 3 heterocycles. The largest absolute Gasteiger partial charge is 0.486 e. The Hall–Kier alpha value is -3.74. The number of hydrogen-bond donors (Lipinski definition) is 1. The Balaban J connectivity index is 1.09. The Morgan fingerprint density at radius 2 is 1.73 bits per heavy atom. The zero-order valence-corrected chi connectivity index (χ0v) is 23.5. The topological polar surface area (TPSA) is 80.5 Å². The second-order valence-electron chi connectivity index (χ2n) is 10.7. The van der Waals surface area contributed by atoms with Crippen LogP contribution in [0, 0.1) is 17.0 Å². The molecule has 12 heteroatoms. The van der Waals surface area contributed by atoms with Crippen molar-refractivity contribution in [1.82, 2.24) is 28.6 Å². The predicted octanol–water partition coefficient (Wildman–Crippen LogP) is 4.35. The van der Waals surface area contributed by atoms with Gasteiger partial charge in [0.05, 0.1) is 24.2 Å². The lowest BCUT2D eigenvalue weighted by molar-refractivity contribution is 0.242. The van der Waals surface area contributed by atoms with Gasteiger partial charge in [0.15, 0.2) is 0 Å². The Labute approximate surface area is 241 Å². The Morgan fingerprint density at radius 3 is 2.39 bits per heavy atom. The Bertz CT molecular complexity index is 1530. The van der Waals surface area contributed by atoms with Gasteiger partial charge in [0.1, 0.15) is 17.3 Å². The maximum atomic E-state index is 13.9. The third-order valence-corrected chi connectivity index (χ3v) is 8.33. The number of halogens is 2. The van der Waals surface area contributed by atoms with Crippen LogP contribution < -0.4 is 19.9 Å². The van der Waals surface area contributed by atoms with E-state index in [1.807, 2.05) is 29.1 Å². The van der Waals surface area contributed by atoms with Crippen molar-refractivity contribution >= 4 is 17.8 Å². The molecule has 0 atom stereocenters. The minimum Gasteiger partial charge on any atom is -0.486 e. The van der Waals surface area contributed by atoms with Crippen LogP contribution in [0.15, 0.2) is 71.9 Å².